The van der Waals surface area contributed by atoms with Crippen molar-refractivity contribution in [1.29, 1.82) is 0 Å². The predicted molar refractivity (Wildman–Crippen MR) is 80.7 cm³/mol. The number of hydrogen-bond acceptors (Lipinski definition) is 3. The van der Waals surface area contributed by atoms with Crippen LogP contribution in [0.15, 0.2) is 65.8 Å². The molecule has 3 rings (SSSR count). The summed E-state index contributed by atoms with van der Waals surface area (Å²) in [5.41, 5.74) is 0.476. The first-order valence-electron chi connectivity index (χ1n) is 6.83. The van der Waals surface area contributed by atoms with Crippen LogP contribution in [0.1, 0.15) is 29.3 Å². The Morgan fingerprint density at radius 1 is 1.10 bits per heavy atom. The van der Waals surface area contributed by atoms with Gasteiger partial charge < -0.3 is 5.11 Å². The van der Waals surface area contributed by atoms with Gasteiger partial charge in [0, 0.05) is 23.3 Å². The molecule has 1 atom stereocenters. The minimum Gasteiger partial charge on any atom is -0.365 e. The molecule has 1 amide bonds. The number of nitrogens with zero attached hydrogens (tertiary/aromatic N) is 2. The molecule has 4 nitrogen and oxygen atoms in total. The van der Waals surface area contributed by atoms with Crippen molar-refractivity contribution in [2.24, 2.45) is 5.10 Å². The molecule has 1 aliphatic rings. The van der Waals surface area contributed by atoms with Gasteiger partial charge >= 0.3 is 0 Å². The van der Waals surface area contributed by atoms with Crippen molar-refractivity contribution in [3.05, 3.63) is 71.8 Å². The smallest absolute Gasteiger partial charge is 0.276 e. The Morgan fingerprint density at radius 3 is 2.29 bits per heavy atom. The van der Waals surface area contributed by atoms with Gasteiger partial charge in [0.05, 0.1) is 0 Å². The highest BCUT2D eigenvalue weighted by molar-refractivity contribution is 5.97. The summed E-state index contributed by atoms with van der Waals surface area (Å²) in [6.07, 6.45) is 0.315. The Labute approximate surface area is 123 Å². The van der Waals surface area contributed by atoms with Gasteiger partial charge in [-0.1, -0.05) is 48.5 Å². The lowest BCUT2D eigenvalue weighted by molar-refractivity contribution is -0.0765. The van der Waals surface area contributed by atoms with Gasteiger partial charge in [-0.2, -0.15) is 10.1 Å². The fourth-order valence-corrected chi connectivity index (χ4v) is 2.57. The normalized spacial score (nSPS) is 21.2. The van der Waals surface area contributed by atoms with Gasteiger partial charge in [-0.25, -0.2) is 0 Å². The fourth-order valence-electron chi connectivity index (χ4n) is 2.57. The van der Waals surface area contributed by atoms with Crippen LogP contribution in [0.25, 0.3) is 0 Å². The number of hydrazone groups is 1. The molecule has 0 aromatic heterocycles. The molecule has 0 radical (unpaired) electrons. The van der Waals surface area contributed by atoms with Crippen LogP contribution in [0.5, 0.6) is 0 Å². The van der Waals surface area contributed by atoms with Crippen molar-refractivity contribution in [2.75, 3.05) is 0 Å². The van der Waals surface area contributed by atoms with Crippen molar-refractivity contribution in [3.63, 3.8) is 0 Å². The molecule has 0 fully saturated rings. The second-order valence-electron chi connectivity index (χ2n) is 5.18. The number of amides is 1. The third-order valence-corrected chi connectivity index (χ3v) is 3.57. The van der Waals surface area contributed by atoms with E-state index in [9.17, 15) is 9.90 Å². The van der Waals surface area contributed by atoms with E-state index in [4.69, 9.17) is 0 Å². The van der Waals surface area contributed by atoms with E-state index in [1.807, 2.05) is 31.2 Å². The fraction of sp³-hybridized carbons (Fsp3) is 0.176. The SMILES string of the molecule is CC1=NN(C(=O)c2ccccc2)C(O)(c2ccccc2)C1. The molecule has 1 unspecified atom stereocenters. The van der Waals surface area contributed by atoms with Crippen molar-refractivity contribution in [3.8, 4) is 0 Å². The van der Waals surface area contributed by atoms with Crippen LogP contribution in [0.2, 0.25) is 0 Å². The summed E-state index contributed by atoms with van der Waals surface area (Å²) in [5, 5.41) is 16.4. The van der Waals surface area contributed by atoms with Gasteiger partial charge in [-0.15, -0.1) is 0 Å². The van der Waals surface area contributed by atoms with Crippen molar-refractivity contribution in [2.45, 2.75) is 19.1 Å². The van der Waals surface area contributed by atoms with Crippen molar-refractivity contribution in [1.82, 2.24) is 5.01 Å². The molecule has 2 aromatic rings. The summed E-state index contributed by atoms with van der Waals surface area (Å²) in [6, 6.07) is 18.0. The van der Waals surface area contributed by atoms with Crippen LogP contribution in [0, 0.1) is 0 Å². The summed E-state index contributed by atoms with van der Waals surface area (Å²) in [4.78, 5) is 12.6. The number of carbonyl (C=O) groups is 1. The highest BCUT2D eigenvalue weighted by Crippen LogP contribution is 2.36. The average Bonchev–Trinajstić information content (AvgIpc) is 2.84. The minimum atomic E-state index is -1.42. The summed E-state index contributed by atoms with van der Waals surface area (Å²) in [5.74, 6) is -0.307. The maximum atomic E-state index is 12.6. The highest BCUT2D eigenvalue weighted by atomic mass is 16.3. The van der Waals surface area contributed by atoms with E-state index in [0.29, 0.717) is 17.5 Å². The number of rotatable bonds is 2. The van der Waals surface area contributed by atoms with E-state index in [1.165, 1.54) is 5.01 Å². The van der Waals surface area contributed by atoms with Crippen LogP contribution < -0.4 is 0 Å². The third-order valence-electron chi connectivity index (χ3n) is 3.57. The topological polar surface area (TPSA) is 52.9 Å². The molecule has 1 aliphatic heterocycles. The molecular weight excluding hydrogens is 264 g/mol. The van der Waals surface area contributed by atoms with Gasteiger partial charge in [0.1, 0.15) is 0 Å². The summed E-state index contributed by atoms with van der Waals surface area (Å²) >= 11 is 0. The standard InChI is InChI=1S/C17H16N2O2/c1-13-12-17(21,15-10-6-3-7-11-15)19(18-13)16(20)14-8-4-2-5-9-14/h2-11,21H,12H2,1H3. The first kappa shape index (κ1) is 13.5. The Bertz CT molecular complexity index is 682. The largest absolute Gasteiger partial charge is 0.365 e. The zero-order valence-electron chi connectivity index (χ0n) is 11.7. The van der Waals surface area contributed by atoms with Gasteiger partial charge in [-0.3, -0.25) is 4.79 Å². The Hall–Kier alpha value is -2.46. The molecule has 0 saturated carbocycles. The monoisotopic (exact) mass is 280 g/mol. The van der Waals surface area contributed by atoms with E-state index in [0.717, 1.165) is 5.71 Å². The lowest BCUT2D eigenvalue weighted by Gasteiger charge is -2.31. The number of benzene rings is 2. The van der Waals surface area contributed by atoms with Crippen molar-refractivity contribution < 1.29 is 9.90 Å². The second kappa shape index (κ2) is 5.14. The lowest BCUT2D eigenvalue weighted by atomic mass is 9.97. The molecule has 1 N–H and O–H groups in total. The van der Waals surface area contributed by atoms with E-state index in [-0.39, 0.29) is 5.91 Å². The first-order chi connectivity index (χ1) is 10.1. The van der Waals surface area contributed by atoms with E-state index in [1.54, 1.807) is 36.4 Å². The van der Waals surface area contributed by atoms with E-state index in [2.05, 4.69) is 5.10 Å². The molecule has 4 heteroatoms. The summed E-state index contributed by atoms with van der Waals surface area (Å²) in [7, 11) is 0. The summed E-state index contributed by atoms with van der Waals surface area (Å²) in [6.45, 7) is 1.81. The van der Waals surface area contributed by atoms with Crippen molar-refractivity contribution >= 4 is 11.6 Å². The van der Waals surface area contributed by atoms with Gasteiger partial charge in [0.2, 0.25) is 0 Å². The summed E-state index contributed by atoms with van der Waals surface area (Å²) < 4.78 is 0. The lowest BCUT2D eigenvalue weighted by Crippen LogP contribution is -2.43. The molecule has 0 saturated heterocycles. The van der Waals surface area contributed by atoms with Gasteiger partial charge in [-0.05, 0) is 19.1 Å². The first-order valence-corrected chi connectivity index (χ1v) is 6.83. The minimum absolute atomic E-state index is 0.307. The van der Waals surface area contributed by atoms with Crippen LogP contribution in [-0.2, 0) is 5.72 Å². The molecule has 2 aromatic carbocycles. The Morgan fingerprint density at radius 2 is 1.67 bits per heavy atom. The molecular formula is C17H16N2O2. The molecule has 1 heterocycles. The maximum absolute atomic E-state index is 12.6. The number of hydrogen-bond donors (Lipinski definition) is 1. The zero-order chi connectivity index (χ0) is 14.9. The quantitative estimate of drug-likeness (QED) is 0.919. The Kier molecular flexibility index (Phi) is 3.31. The Balaban J connectivity index is 2.01. The highest BCUT2D eigenvalue weighted by Gasteiger charge is 2.44. The van der Waals surface area contributed by atoms with Crippen LogP contribution in [0.4, 0.5) is 0 Å². The van der Waals surface area contributed by atoms with Crippen LogP contribution in [-0.4, -0.2) is 21.7 Å². The molecule has 0 spiro atoms. The molecule has 106 valence electrons. The average molecular weight is 280 g/mol. The van der Waals surface area contributed by atoms with Crippen LogP contribution in [0.3, 0.4) is 0 Å². The molecule has 0 aliphatic carbocycles. The second-order valence-corrected chi connectivity index (χ2v) is 5.18. The van der Waals surface area contributed by atoms with E-state index < -0.39 is 5.72 Å². The third kappa shape index (κ3) is 2.34. The zero-order valence-corrected chi connectivity index (χ0v) is 11.7. The van der Waals surface area contributed by atoms with E-state index >= 15 is 0 Å². The molecule has 0 bridgehead atoms. The maximum Gasteiger partial charge on any atom is 0.276 e. The number of aliphatic hydroxyl groups is 1. The van der Waals surface area contributed by atoms with Crippen LogP contribution >= 0.6 is 0 Å². The van der Waals surface area contributed by atoms with Gasteiger partial charge in [0.25, 0.3) is 5.91 Å². The predicted octanol–water partition coefficient (Wildman–Crippen LogP) is 2.75. The molecule has 21 heavy (non-hydrogen) atoms. The van der Waals surface area contributed by atoms with Gasteiger partial charge in [0.15, 0.2) is 5.72 Å². The number of carbonyl (C=O) groups excluding carboxylic acids is 1.